The Kier molecular flexibility index (Phi) is 5.34. The number of para-hydroxylation sites is 1. The largest absolute Gasteiger partial charge is 0.417 e. The molecule has 2 heterocycles. The van der Waals surface area contributed by atoms with E-state index in [4.69, 9.17) is 0 Å². The highest BCUT2D eigenvalue weighted by Gasteiger charge is 2.31. The van der Waals surface area contributed by atoms with E-state index in [1.165, 1.54) is 0 Å². The number of aromatic amines is 1. The second kappa shape index (κ2) is 7.69. The first-order valence-corrected chi connectivity index (χ1v) is 8.44. The van der Waals surface area contributed by atoms with Crippen molar-refractivity contribution < 1.29 is 18.0 Å². The van der Waals surface area contributed by atoms with E-state index in [0.717, 1.165) is 39.4 Å². The molecule has 142 valence electrons. The monoisotopic (exact) mass is 377 g/mol. The van der Waals surface area contributed by atoms with Crippen LogP contribution in [0.3, 0.4) is 0 Å². The minimum Gasteiger partial charge on any atom is -0.361 e. The molecule has 8 heteroatoms. The molecule has 0 aliphatic carbocycles. The first kappa shape index (κ1) is 18.8. The third kappa shape index (κ3) is 4.58. The summed E-state index contributed by atoms with van der Waals surface area (Å²) in [6.45, 7) is 0.292. The van der Waals surface area contributed by atoms with Gasteiger partial charge in [-0.15, -0.1) is 0 Å². The molecule has 0 atom stereocenters. The molecular formula is C19H18F3N3O2. The Balaban J connectivity index is 1.52. The van der Waals surface area contributed by atoms with Crippen LogP contribution in [-0.2, 0) is 23.9 Å². The van der Waals surface area contributed by atoms with Crippen LogP contribution in [0.1, 0.15) is 17.5 Å². The highest BCUT2D eigenvalue weighted by molar-refractivity contribution is 5.83. The van der Waals surface area contributed by atoms with Crippen molar-refractivity contribution in [1.82, 2.24) is 14.9 Å². The van der Waals surface area contributed by atoms with Crippen LogP contribution >= 0.6 is 0 Å². The fraction of sp³-hybridized carbons (Fsp3) is 0.263. The Labute approximate surface area is 152 Å². The van der Waals surface area contributed by atoms with Crippen molar-refractivity contribution in [1.29, 1.82) is 0 Å². The molecule has 0 bridgehead atoms. The summed E-state index contributed by atoms with van der Waals surface area (Å²) in [5.41, 5.74) is 0.596. The molecule has 0 saturated carbocycles. The molecular weight excluding hydrogens is 359 g/mol. The SMILES string of the molecule is O=C(CCn1cc(C(F)(F)F)ccc1=O)NCCc1c[nH]c2ccccc12. The van der Waals surface area contributed by atoms with Gasteiger partial charge in [-0.2, -0.15) is 13.2 Å². The molecule has 0 saturated heterocycles. The molecule has 0 fully saturated rings. The first-order chi connectivity index (χ1) is 12.8. The molecule has 0 spiro atoms. The van der Waals surface area contributed by atoms with Crippen LogP contribution < -0.4 is 10.9 Å². The number of pyridine rings is 1. The van der Waals surface area contributed by atoms with E-state index in [2.05, 4.69) is 10.3 Å². The zero-order valence-corrected chi connectivity index (χ0v) is 14.3. The summed E-state index contributed by atoms with van der Waals surface area (Å²) in [6.07, 6.45) is -1.36. The molecule has 5 nitrogen and oxygen atoms in total. The van der Waals surface area contributed by atoms with Crippen molar-refractivity contribution in [2.75, 3.05) is 6.54 Å². The van der Waals surface area contributed by atoms with Crippen LogP contribution in [0, 0.1) is 0 Å². The summed E-state index contributed by atoms with van der Waals surface area (Å²) in [5.74, 6) is -0.320. The maximum absolute atomic E-state index is 12.7. The summed E-state index contributed by atoms with van der Waals surface area (Å²) in [4.78, 5) is 26.8. The van der Waals surface area contributed by atoms with Crippen molar-refractivity contribution in [2.45, 2.75) is 25.6 Å². The first-order valence-electron chi connectivity index (χ1n) is 8.44. The van der Waals surface area contributed by atoms with Gasteiger partial charge >= 0.3 is 6.18 Å². The van der Waals surface area contributed by atoms with Gasteiger partial charge in [0.1, 0.15) is 0 Å². The standard InChI is InChI=1S/C19H18F3N3O2/c20-19(21,22)14-5-6-18(27)25(12-14)10-8-17(26)23-9-7-13-11-24-16-4-2-1-3-15(13)16/h1-6,11-12,24H,7-10H2,(H,23,26). The van der Waals surface area contributed by atoms with Crippen LogP contribution in [0.15, 0.2) is 53.6 Å². The number of halogens is 3. The third-order valence-corrected chi connectivity index (χ3v) is 4.28. The number of fused-ring (bicyclic) bond motifs is 1. The molecule has 3 rings (SSSR count). The summed E-state index contributed by atoms with van der Waals surface area (Å²) in [7, 11) is 0. The predicted molar refractivity (Wildman–Crippen MR) is 95.3 cm³/mol. The van der Waals surface area contributed by atoms with E-state index in [9.17, 15) is 22.8 Å². The number of hydrogen-bond donors (Lipinski definition) is 2. The molecule has 3 aromatic rings. The maximum Gasteiger partial charge on any atom is 0.417 e. The van der Waals surface area contributed by atoms with Crippen LogP contribution in [-0.4, -0.2) is 22.0 Å². The van der Waals surface area contributed by atoms with Gasteiger partial charge in [0.05, 0.1) is 5.56 Å². The zero-order valence-electron chi connectivity index (χ0n) is 14.3. The normalized spacial score (nSPS) is 11.7. The average Bonchev–Trinajstić information content (AvgIpc) is 3.03. The van der Waals surface area contributed by atoms with Crippen LogP contribution in [0.4, 0.5) is 13.2 Å². The number of carbonyl (C=O) groups is 1. The number of rotatable bonds is 6. The second-order valence-electron chi connectivity index (χ2n) is 6.16. The summed E-state index contributed by atoms with van der Waals surface area (Å²) >= 11 is 0. The van der Waals surface area contributed by atoms with Gasteiger partial charge in [0.15, 0.2) is 0 Å². The van der Waals surface area contributed by atoms with Gasteiger partial charge in [-0.1, -0.05) is 18.2 Å². The van der Waals surface area contributed by atoms with Gasteiger partial charge in [-0.3, -0.25) is 9.59 Å². The quantitative estimate of drug-likeness (QED) is 0.693. The fourth-order valence-electron chi connectivity index (χ4n) is 2.86. The molecule has 0 unspecified atom stereocenters. The molecule has 2 N–H and O–H groups in total. The molecule has 0 radical (unpaired) electrons. The molecule has 0 aliphatic rings. The molecule has 0 aliphatic heterocycles. The van der Waals surface area contributed by atoms with Crippen LogP contribution in [0.5, 0.6) is 0 Å². The maximum atomic E-state index is 12.7. The van der Waals surface area contributed by atoms with E-state index in [1.807, 2.05) is 30.5 Å². The Morgan fingerprint density at radius 2 is 1.93 bits per heavy atom. The minimum absolute atomic E-state index is 0.0743. The Hall–Kier alpha value is -3.03. The van der Waals surface area contributed by atoms with Crippen molar-refractivity contribution >= 4 is 16.8 Å². The number of hydrogen-bond acceptors (Lipinski definition) is 2. The van der Waals surface area contributed by atoms with E-state index in [-0.39, 0.29) is 18.9 Å². The number of alkyl halides is 3. The van der Waals surface area contributed by atoms with Crippen molar-refractivity contribution in [3.63, 3.8) is 0 Å². The Bertz CT molecular complexity index is 1010. The van der Waals surface area contributed by atoms with Gasteiger partial charge in [0, 0.05) is 48.9 Å². The van der Waals surface area contributed by atoms with E-state index in [1.54, 1.807) is 0 Å². The predicted octanol–water partition coefficient (Wildman–Crippen LogP) is 3.10. The van der Waals surface area contributed by atoms with Gasteiger partial charge < -0.3 is 14.9 Å². The number of nitrogens with one attached hydrogen (secondary N) is 2. The third-order valence-electron chi connectivity index (χ3n) is 4.28. The molecule has 27 heavy (non-hydrogen) atoms. The zero-order chi connectivity index (χ0) is 19.4. The Morgan fingerprint density at radius 3 is 2.70 bits per heavy atom. The number of nitrogens with zero attached hydrogens (tertiary/aromatic N) is 1. The fourth-order valence-corrected chi connectivity index (χ4v) is 2.86. The highest BCUT2D eigenvalue weighted by Crippen LogP contribution is 2.28. The lowest BCUT2D eigenvalue weighted by Crippen LogP contribution is -2.29. The lowest BCUT2D eigenvalue weighted by Gasteiger charge is -2.10. The topological polar surface area (TPSA) is 66.9 Å². The number of benzene rings is 1. The molecule has 1 amide bonds. The van der Waals surface area contributed by atoms with Crippen LogP contribution in [0.2, 0.25) is 0 Å². The smallest absolute Gasteiger partial charge is 0.361 e. The van der Waals surface area contributed by atoms with Gasteiger partial charge in [0.25, 0.3) is 5.56 Å². The summed E-state index contributed by atoms with van der Waals surface area (Å²) in [6, 6.07) is 9.41. The number of aryl methyl sites for hydroxylation is 1. The summed E-state index contributed by atoms with van der Waals surface area (Å²) < 4.78 is 39.0. The van der Waals surface area contributed by atoms with Gasteiger partial charge in [0.2, 0.25) is 5.91 Å². The van der Waals surface area contributed by atoms with Crippen LogP contribution in [0.25, 0.3) is 10.9 Å². The number of H-pyrrole nitrogens is 1. The number of aromatic nitrogens is 2. The van der Waals surface area contributed by atoms with E-state index < -0.39 is 17.3 Å². The molecule has 2 aromatic heterocycles. The number of carbonyl (C=O) groups excluding carboxylic acids is 1. The van der Waals surface area contributed by atoms with Gasteiger partial charge in [-0.05, 0) is 24.1 Å². The van der Waals surface area contributed by atoms with E-state index >= 15 is 0 Å². The minimum atomic E-state index is -4.53. The highest BCUT2D eigenvalue weighted by atomic mass is 19.4. The van der Waals surface area contributed by atoms with Gasteiger partial charge in [-0.25, -0.2) is 0 Å². The second-order valence-corrected chi connectivity index (χ2v) is 6.16. The van der Waals surface area contributed by atoms with Crippen molar-refractivity contribution in [3.8, 4) is 0 Å². The summed E-state index contributed by atoms with van der Waals surface area (Å²) in [5, 5.41) is 3.82. The lowest BCUT2D eigenvalue weighted by atomic mass is 10.1. The molecule has 1 aromatic carbocycles. The van der Waals surface area contributed by atoms with Crippen molar-refractivity contribution in [3.05, 3.63) is 70.3 Å². The lowest BCUT2D eigenvalue weighted by molar-refractivity contribution is -0.138. The van der Waals surface area contributed by atoms with Crippen molar-refractivity contribution in [2.24, 2.45) is 0 Å². The Morgan fingerprint density at radius 1 is 1.15 bits per heavy atom. The average molecular weight is 377 g/mol. The van der Waals surface area contributed by atoms with E-state index in [0.29, 0.717) is 13.0 Å². The number of amides is 1.